The molecule has 0 saturated carbocycles. The predicted molar refractivity (Wildman–Crippen MR) is 87.5 cm³/mol. The number of benzene rings is 2. The van der Waals surface area contributed by atoms with E-state index in [-0.39, 0.29) is 16.7 Å². The van der Waals surface area contributed by atoms with Gasteiger partial charge < -0.3 is 9.88 Å². The number of para-hydroxylation sites is 1. The number of aromatic nitrogens is 1. The molecule has 0 aliphatic carbocycles. The maximum atomic E-state index is 11.1. The first kappa shape index (κ1) is 13.7. The van der Waals surface area contributed by atoms with Crippen LogP contribution in [0, 0.1) is 10.1 Å². The molecule has 1 aliphatic heterocycles. The van der Waals surface area contributed by atoms with E-state index >= 15 is 0 Å². The van der Waals surface area contributed by atoms with E-state index in [4.69, 9.17) is 0 Å². The van der Waals surface area contributed by atoms with Crippen LogP contribution in [0.25, 0.3) is 5.69 Å². The molecule has 5 nitrogen and oxygen atoms in total. The van der Waals surface area contributed by atoms with Gasteiger partial charge in [0.25, 0.3) is 5.69 Å². The van der Waals surface area contributed by atoms with Crippen molar-refractivity contribution in [2.45, 2.75) is 12.6 Å². The lowest BCUT2D eigenvalue weighted by molar-refractivity contribution is -0.384. The lowest BCUT2D eigenvalue weighted by atomic mass is 10.0. The van der Waals surface area contributed by atoms with Crippen molar-refractivity contribution in [1.29, 1.82) is 0 Å². The van der Waals surface area contributed by atoms with Gasteiger partial charge in [0, 0.05) is 36.3 Å². The second-order valence-corrected chi connectivity index (χ2v) is 5.60. The molecule has 1 atom stereocenters. The fourth-order valence-electron chi connectivity index (χ4n) is 3.17. The van der Waals surface area contributed by atoms with Crippen molar-refractivity contribution in [2.75, 3.05) is 0 Å². The van der Waals surface area contributed by atoms with Gasteiger partial charge in [-0.25, -0.2) is 0 Å². The Morgan fingerprint density at radius 1 is 1.09 bits per heavy atom. The summed E-state index contributed by atoms with van der Waals surface area (Å²) >= 11 is 0. The van der Waals surface area contributed by atoms with Crippen molar-refractivity contribution in [3.05, 3.63) is 93.8 Å². The highest BCUT2D eigenvalue weighted by atomic mass is 16.6. The molecular formula is C18H15N3O2. The van der Waals surface area contributed by atoms with Crippen LogP contribution in [0.3, 0.4) is 0 Å². The van der Waals surface area contributed by atoms with Gasteiger partial charge in [-0.2, -0.15) is 0 Å². The van der Waals surface area contributed by atoms with E-state index in [9.17, 15) is 10.1 Å². The molecule has 0 spiro atoms. The summed E-state index contributed by atoms with van der Waals surface area (Å²) in [7, 11) is 0. The summed E-state index contributed by atoms with van der Waals surface area (Å²) in [5, 5.41) is 14.6. The lowest BCUT2D eigenvalue weighted by Crippen LogP contribution is -2.21. The highest BCUT2D eigenvalue weighted by Crippen LogP contribution is 2.31. The second-order valence-electron chi connectivity index (χ2n) is 5.60. The Morgan fingerprint density at radius 3 is 2.83 bits per heavy atom. The molecule has 2 heterocycles. The normalized spacial score (nSPS) is 16.3. The zero-order valence-electron chi connectivity index (χ0n) is 12.3. The zero-order valence-corrected chi connectivity index (χ0v) is 12.3. The highest BCUT2D eigenvalue weighted by molar-refractivity contribution is 5.47. The Kier molecular flexibility index (Phi) is 3.20. The van der Waals surface area contributed by atoms with Gasteiger partial charge in [0.15, 0.2) is 0 Å². The minimum atomic E-state index is -0.353. The number of nitro benzene ring substituents is 1. The van der Waals surface area contributed by atoms with E-state index < -0.39 is 0 Å². The van der Waals surface area contributed by atoms with E-state index in [1.807, 2.05) is 30.5 Å². The summed E-state index contributed by atoms with van der Waals surface area (Å²) in [5.41, 5.74) is 4.44. The summed E-state index contributed by atoms with van der Waals surface area (Å²) in [6.45, 7) is 0.714. The molecule has 0 amide bonds. The molecular weight excluding hydrogens is 290 g/mol. The maximum absolute atomic E-state index is 11.1. The van der Waals surface area contributed by atoms with Gasteiger partial charge in [0.2, 0.25) is 0 Å². The topological polar surface area (TPSA) is 60.1 Å². The van der Waals surface area contributed by atoms with Crippen LogP contribution in [-0.2, 0) is 6.54 Å². The zero-order chi connectivity index (χ0) is 15.8. The van der Waals surface area contributed by atoms with Crippen molar-refractivity contribution in [2.24, 2.45) is 0 Å². The molecule has 114 valence electrons. The summed E-state index contributed by atoms with van der Waals surface area (Å²) in [6, 6.07) is 19.0. The van der Waals surface area contributed by atoms with Crippen molar-refractivity contribution in [1.82, 2.24) is 9.88 Å². The SMILES string of the molecule is O=[N+]([O-])c1cccc(C2NCc3ccccc3-n3cccc32)c1. The molecule has 5 heteroatoms. The van der Waals surface area contributed by atoms with E-state index in [0.717, 1.165) is 16.9 Å². The fraction of sp³-hybridized carbons (Fsp3) is 0.111. The number of hydrogen-bond acceptors (Lipinski definition) is 3. The highest BCUT2D eigenvalue weighted by Gasteiger charge is 2.23. The predicted octanol–water partition coefficient (Wildman–Crippen LogP) is 3.58. The molecule has 0 saturated heterocycles. The summed E-state index contributed by atoms with van der Waals surface area (Å²) < 4.78 is 2.15. The molecule has 2 aromatic carbocycles. The standard InChI is InChI=1S/C18H15N3O2/c22-21(23)15-7-3-6-13(11-15)18-17-9-4-10-20(17)16-8-2-1-5-14(16)12-19-18/h1-11,18-19H,12H2. The van der Waals surface area contributed by atoms with Crippen LogP contribution < -0.4 is 5.32 Å². The van der Waals surface area contributed by atoms with Gasteiger partial charge in [-0.1, -0.05) is 30.3 Å². The Balaban J connectivity index is 1.84. The molecule has 4 rings (SSSR count). The van der Waals surface area contributed by atoms with Gasteiger partial charge in [0.1, 0.15) is 0 Å². The van der Waals surface area contributed by atoms with E-state index in [1.165, 1.54) is 11.6 Å². The van der Waals surface area contributed by atoms with E-state index in [2.05, 4.69) is 28.1 Å². The molecule has 0 bridgehead atoms. The Bertz CT molecular complexity index is 885. The van der Waals surface area contributed by atoms with Gasteiger partial charge in [-0.3, -0.25) is 10.1 Å². The number of fused-ring (bicyclic) bond motifs is 3. The quantitative estimate of drug-likeness (QED) is 0.581. The number of nitrogens with zero attached hydrogens (tertiary/aromatic N) is 2. The molecule has 1 aromatic heterocycles. The van der Waals surface area contributed by atoms with Gasteiger partial charge in [-0.15, -0.1) is 0 Å². The molecule has 1 unspecified atom stereocenters. The van der Waals surface area contributed by atoms with Crippen LogP contribution in [0.5, 0.6) is 0 Å². The summed E-state index contributed by atoms with van der Waals surface area (Å²) in [4.78, 5) is 10.7. The Hall–Kier alpha value is -2.92. The average molecular weight is 305 g/mol. The molecule has 1 aliphatic rings. The number of non-ortho nitro benzene ring substituents is 1. The first-order valence-electron chi connectivity index (χ1n) is 7.47. The first-order valence-corrected chi connectivity index (χ1v) is 7.47. The molecule has 1 N–H and O–H groups in total. The number of hydrogen-bond donors (Lipinski definition) is 1. The van der Waals surface area contributed by atoms with Crippen molar-refractivity contribution in [3.63, 3.8) is 0 Å². The molecule has 0 fully saturated rings. The summed E-state index contributed by atoms with van der Waals surface area (Å²) in [6.07, 6.45) is 2.03. The molecule has 3 aromatic rings. The number of nitro groups is 1. The van der Waals surface area contributed by atoms with Crippen molar-refractivity contribution >= 4 is 5.69 Å². The van der Waals surface area contributed by atoms with Crippen molar-refractivity contribution in [3.8, 4) is 5.69 Å². The van der Waals surface area contributed by atoms with Crippen LogP contribution in [0.4, 0.5) is 5.69 Å². The third-order valence-corrected chi connectivity index (χ3v) is 4.24. The second kappa shape index (κ2) is 5.37. The third kappa shape index (κ3) is 2.31. The van der Waals surface area contributed by atoms with E-state index in [0.29, 0.717) is 6.54 Å². The van der Waals surface area contributed by atoms with Gasteiger partial charge >= 0.3 is 0 Å². The Morgan fingerprint density at radius 2 is 1.96 bits per heavy atom. The van der Waals surface area contributed by atoms with E-state index in [1.54, 1.807) is 12.1 Å². The number of rotatable bonds is 2. The van der Waals surface area contributed by atoms with Crippen LogP contribution in [0.1, 0.15) is 22.9 Å². The lowest BCUT2D eigenvalue weighted by Gasteiger charge is -2.17. The first-order chi connectivity index (χ1) is 11.2. The largest absolute Gasteiger partial charge is 0.319 e. The maximum Gasteiger partial charge on any atom is 0.269 e. The minimum absolute atomic E-state index is 0.0858. The third-order valence-electron chi connectivity index (χ3n) is 4.24. The van der Waals surface area contributed by atoms with Gasteiger partial charge in [-0.05, 0) is 29.3 Å². The minimum Gasteiger partial charge on any atom is -0.319 e. The molecule has 0 radical (unpaired) electrons. The monoisotopic (exact) mass is 305 g/mol. The van der Waals surface area contributed by atoms with Crippen LogP contribution >= 0.6 is 0 Å². The van der Waals surface area contributed by atoms with Crippen LogP contribution in [0.15, 0.2) is 66.9 Å². The smallest absolute Gasteiger partial charge is 0.269 e. The number of nitrogens with one attached hydrogen (secondary N) is 1. The summed E-state index contributed by atoms with van der Waals surface area (Å²) in [5.74, 6) is 0. The van der Waals surface area contributed by atoms with Gasteiger partial charge in [0.05, 0.1) is 11.0 Å². The van der Waals surface area contributed by atoms with Crippen LogP contribution in [0.2, 0.25) is 0 Å². The average Bonchev–Trinajstić information content (AvgIpc) is 2.99. The fourth-order valence-corrected chi connectivity index (χ4v) is 3.17. The Labute approximate surface area is 133 Å². The van der Waals surface area contributed by atoms with Crippen LogP contribution in [-0.4, -0.2) is 9.49 Å². The molecule has 23 heavy (non-hydrogen) atoms. The van der Waals surface area contributed by atoms with Crippen molar-refractivity contribution < 1.29 is 4.92 Å².